The molecule has 2 fully saturated rings. The number of esters is 1. The minimum Gasteiger partial charge on any atom is -0.459 e. The highest BCUT2D eigenvalue weighted by atomic mass is 16.6. The van der Waals surface area contributed by atoms with E-state index in [9.17, 15) is 9.59 Å². The van der Waals surface area contributed by atoms with Crippen LogP contribution in [0.1, 0.15) is 40.5 Å². The summed E-state index contributed by atoms with van der Waals surface area (Å²) in [7, 11) is 0. The normalized spacial score (nSPS) is 30.6. The van der Waals surface area contributed by atoms with E-state index in [0.717, 1.165) is 19.2 Å². The van der Waals surface area contributed by atoms with Crippen molar-refractivity contribution in [2.75, 3.05) is 33.0 Å². The van der Waals surface area contributed by atoms with Crippen molar-refractivity contribution < 1.29 is 19.1 Å². The summed E-state index contributed by atoms with van der Waals surface area (Å²) in [5.41, 5.74) is 0.734. The van der Waals surface area contributed by atoms with Crippen LogP contribution in [0.3, 0.4) is 0 Å². The molecule has 1 N–H and O–H groups in total. The molecule has 0 aromatic carbocycles. The standard InChI is InChI=1S/C19H32N2O4/c1-6-16(22)24-8-9-25-17(23)20-13-21-10-14-15(11-21)19(5,7-2)12-18(14,3)4/h6,14-15H,1,7-13H2,2-5H3,(H,20,23). The molecule has 25 heavy (non-hydrogen) atoms. The Bertz CT molecular complexity index is 520. The Kier molecular flexibility index (Phi) is 6.14. The zero-order chi connectivity index (χ0) is 18.7. The zero-order valence-corrected chi connectivity index (χ0v) is 16.0. The average molecular weight is 352 g/mol. The van der Waals surface area contributed by atoms with Gasteiger partial charge in [0, 0.05) is 19.2 Å². The third kappa shape index (κ3) is 4.54. The molecule has 6 nitrogen and oxygen atoms in total. The van der Waals surface area contributed by atoms with E-state index in [1.165, 1.54) is 12.8 Å². The topological polar surface area (TPSA) is 67.9 Å². The van der Waals surface area contributed by atoms with Crippen LogP contribution in [0.25, 0.3) is 0 Å². The molecule has 0 spiro atoms. The third-order valence-electron chi connectivity index (χ3n) is 6.14. The average Bonchev–Trinajstić information content (AvgIpc) is 3.08. The van der Waals surface area contributed by atoms with E-state index in [1.54, 1.807) is 0 Å². The molecule has 0 aromatic rings. The predicted molar refractivity (Wildman–Crippen MR) is 95.9 cm³/mol. The fourth-order valence-electron chi connectivity index (χ4n) is 4.77. The van der Waals surface area contributed by atoms with Crippen LogP contribution in [-0.4, -0.2) is 49.9 Å². The molecule has 1 aliphatic carbocycles. The summed E-state index contributed by atoms with van der Waals surface area (Å²) < 4.78 is 9.76. The molecule has 0 radical (unpaired) electrons. The van der Waals surface area contributed by atoms with Gasteiger partial charge in [-0.15, -0.1) is 0 Å². The first kappa shape index (κ1) is 19.8. The lowest BCUT2D eigenvalue weighted by Gasteiger charge is -2.31. The Hall–Kier alpha value is -1.56. The second kappa shape index (κ2) is 7.77. The molecule has 6 heteroatoms. The molecule has 3 unspecified atom stereocenters. The van der Waals surface area contributed by atoms with Crippen molar-refractivity contribution in [3.8, 4) is 0 Å². The molecule has 1 heterocycles. The third-order valence-corrected chi connectivity index (χ3v) is 6.14. The van der Waals surface area contributed by atoms with Gasteiger partial charge in [0.2, 0.25) is 0 Å². The van der Waals surface area contributed by atoms with Crippen molar-refractivity contribution in [2.24, 2.45) is 22.7 Å². The second-order valence-electron chi connectivity index (χ2n) is 8.26. The lowest BCUT2D eigenvalue weighted by atomic mass is 9.76. The van der Waals surface area contributed by atoms with Gasteiger partial charge in [0.1, 0.15) is 13.2 Å². The smallest absolute Gasteiger partial charge is 0.408 e. The molecule has 0 aromatic heterocycles. The van der Waals surface area contributed by atoms with E-state index in [1.807, 2.05) is 0 Å². The molecule has 1 saturated carbocycles. The van der Waals surface area contributed by atoms with Gasteiger partial charge in [-0.1, -0.05) is 40.7 Å². The van der Waals surface area contributed by atoms with Crippen LogP contribution in [0.5, 0.6) is 0 Å². The minimum atomic E-state index is -0.519. The fourth-order valence-corrected chi connectivity index (χ4v) is 4.77. The number of rotatable bonds is 7. The van der Waals surface area contributed by atoms with E-state index < -0.39 is 12.1 Å². The van der Waals surface area contributed by atoms with E-state index in [4.69, 9.17) is 9.47 Å². The molecular weight excluding hydrogens is 320 g/mol. The first-order valence-corrected chi connectivity index (χ1v) is 9.14. The summed E-state index contributed by atoms with van der Waals surface area (Å²) in [6, 6.07) is 0. The molecule has 1 aliphatic heterocycles. The number of hydrogen-bond acceptors (Lipinski definition) is 5. The maximum Gasteiger partial charge on any atom is 0.408 e. The fraction of sp³-hybridized carbons (Fsp3) is 0.789. The summed E-state index contributed by atoms with van der Waals surface area (Å²) in [5, 5.41) is 2.79. The van der Waals surface area contributed by atoms with Crippen LogP contribution in [0, 0.1) is 22.7 Å². The largest absolute Gasteiger partial charge is 0.459 e. The first-order valence-electron chi connectivity index (χ1n) is 9.14. The second-order valence-corrected chi connectivity index (χ2v) is 8.26. The molecule has 142 valence electrons. The molecule has 2 aliphatic rings. The maximum atomic E-state index is 11.8. The number of carbonyl (C=O) groups excluding carboxylic acids is 2. The van der Waals surface area contributed by atoms with Crippen molar-refractivity contribution in [3.63, 3.8) is 0 Å². The van der Waals surface area contributed by atoms with Crippen molar-refractivity contribution >= 4 is 12.1 Å². The van der Waals surface area contributed by atoms with E-state index in [2.05, 4.69) is 44.5 Å². The van der Waals surface area contributed by atoms with Crippen LogP contribution in [0.4, 0.5) is 4.79 Å². The van der Waals surface area contributed by atoms with Gasteiger partial charge in [-0.05, 0) is 29.1 Å². The van der Waals surface area contributed by atoms with Crippen molar-refractivity contribution in [1.29, 1.82) is 0 Å². The zero-order valence-electron chi connectivity index (χ0n) is 16.0. The van der Waals surface area contributed by atoms with Gasteiger partial charge in [0.05, 0.1) is 6.67 Å². The molecular formula is C19H32N2O4. The maximum absolute atomic E-state index is 11.8. The Morgan fingerprint density at radius 2 is 1.84 bits per heavy atom. The first-order chi connectivity index (χ1) is 11.7. The number of alkyl carbamates (subject to hydrolysis) is 1. The number of nitrogens with one attached hydrogen (secondary N) is 1. The lowest BCUT2D eigenvalue weighted by molar-refractivity contribution is -0.138. The number of ether oxygens (including phenoxy) is 2. The van der Waals surface area contributed by atoms with Crippen LogP contribution in [0.15, 0.2) is 12.7 Å². The number of amides is 1. The Morgan fingerprint density at radius 1 is 1.20 bits per heavy atom. The summed E-state index contributed by atoms with van der Waals surface area (Å²) >= 11 is 0. The highest BCUT2D eigenvalue weighted by Crippen LogP contribution is 2.60. The van der Waals surface area contributed by atoms with Crippen LogP contribution < -0.4 is 5.32 Å². The van der Waals surface area contributed by atoms with Crippen molar-refractivity contribution in [2.45, 2.75) is 40.5 Å². The summed E-state index contributed by atoms with van der Waals surface area (Å²) in [6.45, 7) is 15.4. The van der Waals surface area contributed by atoms with Gasteiger partial charge in [0.15, 0.2) is 0 Å². The Morgan fingerprint density at radius 3 is 2.48 bits per heavy atom. The number of carbonyl (C=O) groups is 2. The van der Waals surface area contributed by atoms with Gasteiger partial charge in [0.25, 0.3) is 0 Å². The molecule has 1 amide bonds. The molecule has 2 rings (SSSR count). The SMILES string of the molecule is C=CC(=O)OCCOC(=O)NCN1CC2C(C1)C(C)(CC)CC2(C)C. The van der Waals surface area contributed by atoms with Gasteiger partial charge >= 0.3 is 12.1 Å². The number of hydrogen-bond donors (Lipinski definition) is 1. The van der Waals surface area contributed by atoms with Crippen molar-refractivity contribution in [1.82, 2.24) is 10.2 Å². The number of nitrogens with zero attached hydrogens (tertiary/aromatic N) is 1. The van der Waals surface area contributed by atoms with Gasteiger partial charge in [-0.2, -0.15) is 0 Å². The van der Waals surface area contributed by atoms with Gasteiger partial charge in [-0.25, -0.2) is 9.59 Å². The van der Waals surface area contributed by atoms with E-state index in [-0.39, 0.29) is 13.2 Å². The summed E-state index contributed by atoms with van der Waals surface area (Å²) in [6.07, 6.45) is 3.07. The Balaban J connectivity index is 1.73. The quantitative estimate of drug-likeness (QED) is 0.433. The Labute approximate surface area is 150 Å². The van der Waals surface area contributed by atoms with Crippen LogP contribution >= 0.6 is 0 Å². The molecule has 1 saturated heterocycles. The van der Waals surface area contributed by atoms with Crippen molar-refractivity contribution in [3.05, 3.63) is 12.7 Å². The van der Waals surface area contributed by atoms with E-state index >= 15 is 0 Å². The summed E-state index contributed by atoms with van der Waals surface area (Å²) in [5.74, 6) is 0.839. The summed E-state index contributed by atoms with van der Waals surface area (Å²) in [4.78, 5) is 24.9. The highest BCUT2D eigenvalue weighted by Gasteiger charge is 2.56. The predicted octanol–water partition coefficient (Wildman–Crippen LogP) is 2.79. The number of fused-ring (bicyclic) bond motifs is 1. The van der Waals surface area contributed by atoms with E-state index in [0.29, 0.717) is 29.3 Å². The molecule has 3 atom stereocenters. The van der Waals surface area contributed by atoms with Gasteiger partial charge < -0.3 is 14.8 Å². The minimum absolute atomic E-state index is 0.0369. The van der Waals surface area contributed by atoms with Gasteiger partial charge in [-0.3, -0.25) is 4.90 Å². The monoisotopic (exact) mass is 352 g/mol. The van der Waals surface area contributed by atoms with Crippen LogP contribution in [0.2, 0.25) is 0 Å². The lowest BCUT2D eigenvalue weighted by Crippen LogP contribution is -2.39. The number of likely N-dealkylation sites (tertiary alicyclic amines) is 1. The molecule has 0 bridgehead atoms. The van der Waals surface area contributed by atoms with Crippen LogP contribution in [-0.2, 0) is 14.3 Å². The highest BCUT2D eigenvalue weighted by molar-refractivity contribution is 5.81.